The summed E-state index contributed by atoms with van der Waals surface area (Å²) in [4.78, 5) is 23.3. The molecule has 0 spiro atoms. The second-order valence-corrected chi connectivity index (χ2v) is 7.46. The molecule has 2 aromatic rings. The molecule has 0 aliphatic carbocycles. The fraction of sp³-hybridized carbons (Fsp3) is 0.375. The number of carbonyl (C=O) groups is 2. The van der Waals surface area contributed by atoms with E-state index in [0.29, 0.717) is 15.2 Å². The van der Waals surface area contributed by atoms with Gasteiger partial charge in [0.2, 0.25) is 5.13 Å². The third-order valence-electron chi connectivity index (χ3n) is 3.18. The number of hydrogen-bond donors (Lipinski definition) is 1. The molecule has 0 saturated heterocycles. The van der Waals surface area contributed by atoms with Crippen LogP contribution in [0.2, 0.25) is 0 Å². The van der Waals surface area contributed by atoms with Crippen LogP contribution in [0.3, 0.4) is 0 Å². The van der Waals surface area contributed by atoms with Crippen molar-refractivity contribution in [3.05, 3.63) is 29.3 Å². The van der Waals surface area contributed by atoms with Gasteiger partial charge in [0, 0.05) is 0 Å². The number of nitrogens with one attached hydrogen (secondary N) is 1. The fourth-order valence-corrected chi connectivity index (χ4v) is 3.47. The maximum Gasteiger partial charge on any atom is 0.316 e. The lowest BCUT2D eigenvalue weighted by Gasteiger charge is -2.15. The van der Waals surface area contributed by atoms with Crippen molar-refractivity contribution in [3.8, 4) is 5.75 Å². The highest BCUT2D eigenvalue weighted by molar-refractivity contribution is 8.01. The molecular weight excluding hydrogens is 362 g/mol. The van der Waals surface area contributed by atoms with Crippen molar-refractivity contribution in [2.45, 2.75) is 31.2 Å². The van der Waals surface area contributed by atoms with Crippen molar-refractivity contribution < 1.29 is 19.1 Å². The molecule has 0 aliphatic rings. The van der Waals surface area contributed by atoms with Gasteiger partial charge in [0.1, 0.15) is 5.75 Å². The number of esters is 1. The van der Waals surface area contributed by atoms with Crippen LogP contribution in [0.4, 0.5) is 5.13 Å². The maximum absolute atomic E-state index is 12.2. The van der Waals surface area contributed by atoms with Crippen LogP contribution in [0.5, 0.6) is 5.75 Å². The molecule has 9 heteroatoms. The summed E-state index contributed by atoms with van der Waals surface area (Å²) in [5, 5.41) is 10.8. The lowest BCUT2D eigenvalue weighted by molar-refractivity contribution is -0.137. The Bertz CT molecular complexity index is 764. The fourth-order valence-electron chi connectivity index (χ4n) is 1.88. The zero-order valence-corrected chi connectivity index (χ0v) is 16.0. The Morgan fingerprint density at radius 3 is 2.76 bits per heavy atom. The molecule has 0 saturated carbocycles. The number of amides is 1. The molecule has 134 valence electrons. The molecule has 7 nitrogen and oxygen atoms in total. The normalized spacial score (nSPS) is 11.7. The van der Waals surface area contributed by atoms with Gasteiger partial charge < -0.3 is 9.47 Å². The second-order valence-electron chi connectivity index (χ2n) is 5.26. The van der Waals surface area contributed by atoms with E-state index < -0.39 is 6.10 Å². The van der Waals surface area contributed by atoms with E-state index in [0.717, 1.165) is 11.1 Å². The van der Waals surface area contributed by atoms with Gasteiger partial charge in [-0.1, -0.05) is 40.8 Å². The van der Waals surface area contributed by atoms with Crippen LogP contribution in [0, 0.1) is 13.8 Å². The van der Waals surface area contributed by atoms with Crippen LogP contribution in [0.15, 0.2) is 22.5 Å². The smallest absolute Gasteiger partial charge is 0.316 e. The molecule has 1 amide bonds. The van der Waals surface area contributed by atoms with Crippen LogP contribution in [-0.4, -0.2) is 41.0 Å². The summed E-state index contributed by atoms with van der Waals surface area (Å²) >= 11 is 2.39. The number of aryl methyl sites for hydroxylation is 2. The summed E-state index contributed by atoms with van der Waals surface area (Å²) in [5.74, 6) is 0.146. The summed E-state index contributed by atoms with van der Waals surface area (Å²) in [6, 6.07) is 5.78. The molecule has 1 N–H and O–H groups in total. The Morgan fingerprint density at radius 2 is 2.08 bits per heavy atom. The van der Waals surface area contributed by atoms with Crippen molar-refractivity contribution in [1.29, 1.82) is 0 Å². The standard InChI is InChI=1S/C16H19N3O4S2/c1-9-5-6-12(10(2)7-9)23-11(3)14(21)17-15-18-19-16(25-15)24-8-13(20)22-4/h5-7,11H,8H2,1-4H3,(H,17,18,21)/t11-/m1/s1. The molecular formula is C16H19N3O4S2. The molecule has 0 aliphatic heterocycles. The van der Waals surface area contributed by atoms with Crippen molar-refractivity contribution >= 4 is 40.1 Å². The molecule has 1 aromatic carbocycles. The van der Waals surface area contributed by atoms with Gasteiger partial charge in [-0.25, -0.2) is 0 Å². The van der Waals surface area contributed by atoms with Gasteiger partial charge in [-0.3, -0.25) is 14.9 Å². The number of anilines is 1. The second kappa shape index (κ2) is 8.82. The number of hydrogen-bond acceptors (Lipinski definition) is 8. The Hall–Kier alpha value is -2.13. The largest absolute Gasteiger partial charge is 0.481 e. The van der Waals surface area contributed by atoms with Crippen LogP contribution in [0.1, 0.15) is 18.1 Å². The topological polar surface area (TPSA) is 90.4 Å². The van der Waals surface area contributed by atoms with Gasteiger partial charge in [0.15, 0.2) is 10.4 Å². The molecule has 0 unspecified atom stereocenters. The number of ether oxygens (including phenoxy) is 2. The van der Waals surface area contributed by atoms with Crippen molar-refractivity contribution in [2.75, 3.05) is 18.2 Å². The summed E-state index contributed by atoms with van der Waals surface area (Å²) in [6.07, 6.45) is -0.684. The first-order valence-corrected chi connectivity index (χ1v) is 9.27. The molecule has 1 atom stereocenters. The molecule has 1 heterocycles. The van der Waals surface area contributed by atoms with Gasteiger partial charge >= 0.3 is 5.97 Å². The van der Waals surface area contributed by atoms with E-state index in [4.69, 9.17) is 4.74 Å². The summed E-state index contributed by atoms with van der Waals surface area (Å²) in [7, 11) is 1.33. The molecule has 25 heavy (non-hydrogen) atoms. The number of thioether (sulfide) groups is 1. The number of carbonyl (C=O) groups excluding carboxylic acids is 2. The minimum absolute atomic E-state index is 0.144. The zero-order chi connectivity index (χ0) is 18.4. The molecule has 1 aromatic heterocycles. The van der Waals surface area contributed by atoms with E-state index in [9.17, 15) is 9.59 Å². The summed E-state index contributed by atoms with van der Waals surface area (Å²) < 4.78 is 10.8. The summed E-state index contributed by atoms with van der Waals surface area (Å²) in [5.41, 5.74) is 2.10. The van der Waals surface area contributed by atoms with Gasteiger partial charge in [0.25, 0.3) is 5.91 Å². The SMILES string of the molecule is COC(=O)CSc1nnc(NC(=O)[C@@H](C)Oc2ccc(C)cc2C)s1. The molecule has 2 rings (SSSR count). The number of aromatic nitrogens is 2. The minimum Gasteiger partial charge on any atom is -0.481 e. The van der Waals surface area contributed by atoms with Gasteiger partial charge in [-0.15, -0.1) is 10.2 Å². The Labute approximate surface area is 154 Å². The molecule has 0 fully saturated rings. The average molecular weight is 381 g/mol. The minimum atomic E-state index is -0.684. The van der Waals surface area contributed by atoms with E-state index in [2.05, 4.69) is 20.3 Å². The van der Waals surface area contributed by atoms with E-state index >= 15 is 0 Å². The third-order valence-corrected chi connectivity index (χ3v) is 5.13. The monoisotopic (exact) mass is 381 g/mol. The Morgan fingerprint density at radius 1 is 1.32 bits per heavy atom. The van der Waals surface area contributed by atoms with Gasteiger partial charge in [0.05, 0.1) is 12.9 Å². The van der Waals surface area contributed by atoms with Crippen molar-refractivity contribution in [1.82, 2.24) is 10.2 Å². The lowest BCUT2D eigenvalue weighted by atomic mass is 10.1. The highest BCUT2D eigenvalue weighted by atomic mass is 32.2. The summed E-state index contributed by atoms with van der Waals surface area (Å²) in [6.45, 7) is 5.60. The third kappa shape index (κ3) is 5.71. The maximum atomic E-state index is 12.2. The van der Waals surface area contributed by atoms with Crippen LogP contribution in [0.25, 0.3) is 0 Å². The van der Waals surface area contributed by atoms with Crippen LogP contribution in [-0.2, 0) is 14.3 Å². The predicted molar refractivity (Wildman–Crippen MR) is 97.3 cm³/mol. The van der Waals surface area contributed by atoms with Crippen molar-refractivity contribution in [2.24, 2.45) is 0 Å². The zero-order valence-electron chi connectivity index (χ0n) is 14.4. The molecule has 0 bridgehead atoms. The molecule has 0 radical (unpaired) electrons. The lowest BCUT2D eigenvalue weighted by Crippen LogP contribution is -2.30. The average Bonchev–Trinajstić information content (AvgIpc) is 3.02. The van der Waals surface area contributed by atoms with Crippen molar-refractivity contribution in [3.63, 3.8) is 0 Å². The number of rotatable bonds is 7. The first-order valence-electron chi connectivity index (χ1n) is 7.47. The quantitative estimate of drug-likeness (QED) is 0.448. The number of benzene rings is 1. The predicted octanol–water partition coefficient (Wildman–Crippen LogP) is 2.83. The number of nitrogens with zero attached hydrogens (tertiary/aromatic N) is 2. The Balaban J connectivity index is 1.90. The highest BCUT2D eigenvalue weighted by Gasteiger charge is 2.18. The van der Waals surface area contributed by atoms with E-state index in [-0.39, 0.29) is 17.6 Å². The Kier molecular flexibility index (Phi) is 6.77. The number of methoxy groups -OCH3 is 1. The first kappa shape index (κ1) is 19.2. The van der Waals surface area contributed by atoms with E-state index in [1.807, 2.05) is 32.0 Å². The first-order chi connectivity index (χ1) is 11.9. The van der Waals surface area contributed by atoms with Gasteiger partial charge in [-0.05, 0) is 32.4 Å². The van der Waals surface area contributed by atoms with E-state index in [1.54, 1.807) is 6.92 Å². The van der Waals surface area contributed by atoms with Crippen LogP contribution < -0.4 is 10.1 Å². The van der Waals surface area contributed by atoms with E-state index in [1.165, 1.54) is 30.2 Å². The highest BCUT2D eigenvalue weighted by Crippen LogP contribution is 2.26. The van der Waals surface area contributed by atoms with Gasteiger partial charge in [-0.2, -0.15) is 0 Å². The van der Waals surface area contributed by atoms with Crippen LogP contribution >= 0.6 is 23.1 Å².